The number of nitrogens with zero attached hydrogens (tertiary/aromatic N) is 1. The minimum absolute atomic E-state index is 0.0142. The predicted molar refractivity (Wildman–Crippen MR) is 82.7 cm³/mol. The molecule has 1 saturated heterocycles. The van der Waals surface area contributed by atoms with Crippen molar-refractivity contribution < 1.29 is 18.7 Å². The number of carbonyl (C=O) groups excluding carboxylic acids is 2. The summed E-state index contributed by atoms with van der Waals surface area (Å²) in [4.78, 5) is 28.3. The van der Waals surface area contributed by atoms with Gasteiger partial charge in [0.1, 0.15) is 11.5 Å². The van der Waals surface area contributed by atoms with Crippen molar-refractivity contribution in [2.24, 2.45) is 0 Å². The van der Waals surface area contributed by atoms with E-state index >= 15 is 0 Å². The van der Waals surface area contributed by atoms with Gasteiger partial charge in [-0.25, -0.2) is 9.18 Å². The van der Waals surface area contributed by atoms with Crippen LogP contribution in [0.15, 0.2) is 24.3 Å². The van der Waals surface area contributed by atoms with Crippen LogP contribution in [0.3, 0.4) is 0 Å². The highest BCUT2D eigenvalue weighted by Gasteiger charge is 2.25. The van der Waals surface area contributed by atoms with Crippen LogP contribution in [-0.4, -0.2) is 48.1 Å². The molecule has 1 aromatic heterocycles. The first-order chi connectivity index (χ1) is 11.1. The molecule has 3 rings (SSSR count). The minimum atomic E-state index is -0.357. The van der Waals surface area contributed by atoms with E-state index in [2.05, 4.69) is 15.0 Å². The van der Waals surface area contributed by atoms with Gasteiger partial charge in [0.25, 0.3) is 5.91 Å². The highest BCUT2D eigenvalue weighted by Crippen LogP contribution is 2.19. The van der Waals surface area contributed by atoms with Gasteiger partial charge in [-0.05, 0) is 31.0 Å². The summed E-state index contributed by atoms with van der Waals surface area (Å²) in [5.41, 5.74) is 0.927. The van der Waals surface area contributed by atoms with Crippen LogP contribution in [0.5, 0.6) is 0 Å². The van der Waals surface area contributed by atoms with Gasteiger partial charge in [-0.2, -0.15) is 0 Å². The number of rotatable bonds is 2. The van der Waals surface area contributed by atoms with Crippen molar-refractivity contribution in [3.63, 3.8) is 0 Å². The summed E-state index contributed by atoms with van der Waals surface area (Å²) < 4.78 is 18.4. The molecule has 0 aliphatic carbocycles. The fourth-order valence-electron chi connectivity index (χ4n) is 2.84. The fraction of sp³-hybridized carbons (Fsp3) is 0.375. The normalized spacial score (nSPS) is 15.7. The SMILES string of the molecule is COC(=O)N1CCC(NC(=O)c2cc3c(F)cccc3[nH]2)CC1. The molecule has 0 spiro atoms. The third kappa shape index (κ3) is 3.13. The number of amides is 2. The zero-order valence-corrected chi connectivity index (χ0v) is 12.8. The van der Waals surface area contributed by atoms with E-state index in [1.54, 1.807) is 17.0 Å². The van der Waals surface area contributed by atoms with Crippen LogP contribution in [0.25, 0.3) is 10.9 Å². The summed E-state index contributed by atoms with van der Waals surface area (Å²) in [7, 11) is 1.35. The number of benzene rings is 1. The quantitative estimate of drug-likeness (QED) is 0.892. The molecule has 23 heavy (non-hydrogen) atoms. The smallest absolute Gasteiger partial charge is 0.409 e. The number of carbonyl (C=O) groups is 2. The molecule has 0 unspecified atom stereocenters. The number of hydrogen-bond donors (Lipinski definition) is 2. The van der Waals surface area contributed by atoms with Crippen LogP contribution >= 0.6 is 0 Å². The monoisotopic (exact) mass is 319 g/mol. The molecule has 6 nitrogen and oxygen atoms in total. The van der Waals surface area contributed by atoms with Crippen LogP contribution in [0.4, 0.5) is 9.18 Å². The Morgan fingerprint density at radius 3 is 2.74 bits per heavy atom. The Hall–Kier alpha value is -2.57. The molecular formula is C16H18FN3O3. The lowest BCUT2D eigenvalue weighted by Crippen LogP contribution is -2.46. The van der Waals surface area contributed by atoms with Crippen LogP contribution in [0.2, 0.25) is 0 Å². The molecule has 0 radical (unpaired) electrons. The summed E-state index contributed by atoms with van der Waals surface area (Å²) >= 11 is 0. The van der Waals surface area contributed by atoms with Gasteiger partial charge < -0.3 is 19.9 Å². The first kappa shape index (κ1) is 15.3. The van der Waals surface area contributed by atoms with E-state index in [0.717, 1.165) is 0 Å². The van der Waals surface area contributed by atoms with E-state index < -0.39 is 0 Å². The summed E-state index contributed by atoms with van der Waals surface area (Å²) in [5, 5.41) is 3.32. The second-order valence-corrected chi connectivity index (χ2v) is 5.59. The Labute approximate surface area is 132 Å². The standard InChI is InChI=1S/C16H18FN3O3/c1-23-16(22)20-7-5-10(6-8-20)18-15(21)14-9-11-12(17)3-2-4-13(11)19-14/h2-4,9-10,19H,5-8H2,1H3,(H,18,21). The Kier molecular flexibility index (Phi) is 4.18. The van der Waals surface area contributed by atoms with Gasteiger partial charge in [0.2, 0.25) is 0 Å². The number of aromatic amines is 1. The van der Waals surface area contributed by atoms with Crippen molar-refractivity contribution in [2.75, 3.05) is 20.2 Å². The van der Waals surface area contributed by atoms with Crippen LogP contribution in [0, 0.1) is 5.82 Å². The topological polar surface area (TPSA) is 74.4 Å². The molecule has 122 valence electrons. The third-order valence-electron chi connectivity index (χ3n) is 4.12. The predicted octanol–water partition coefficient (Wildman–Crippen LogP) is 2.27. The molecule has 1 aliphatic heterocycles. The highest BCUT2D eigenvalue weighted by atomic mass is 19.1. The van der Waals surface area contributed by atoms with Crippen molar-refractivity contribution >= 4 is 22.9 Å². The maximum atomic E-state index is 13.7. The number of piperidine rings is 1. The first-order valence-electron chi connectivity index (χ1n) is 7.49. The zero-order valence-electron chi connectivity index (χ0n) is 12.8. The van der Waals surface area contributed by atoms with E-state index in [1.807, 2.05) is 0 Å². The van der Waals surface area contributed by atoms with Gasteiger partial charge >= 0.3 is 6.09 Å². The van der Waals surface area contributed by atoms with E-state index in [4.69, 9.17) is 0 Å². The summed E-state index contributed by atoms with van der Waals surface area (Å²) in [6.07, 6.45) is 0.978. The number of likely N-dealkylation sites (tertiary alicyclic amines) is 1. The Bertz CT molecular complexity index is 735. The Morgan fingerprint density at radius 2 is 2.09 bits per heavy atom. The van der Waals surface area contributed by atoms with Gasteiger partial charge in [0.05, 0.1) is 7.11 Å². The average molecular weight is 319 g/mol. The molecule has 2 heterocycles. The number of hydrogen-bond acceptors (Lipinski definition) is 3. The summed E-state index contributed by atoms with van der Waals surface area (Å²) in [5.74, 6) is -0.624. The largest absolute Gasteiger partial charge is 0.453 e. The maximum Gasteiger partial charge on any atom is 0.409 e. The number of nitrogens with one attached hydrogen (secondary N) is 2. The molecule has 2 amide bonds. The van der Waals surface area contributed by atoms with Crippen LogP contribution < -0.4 is 5.32 Å². The molecule has 7 heteroatoms. The van der Waals surface area contributed by atoms with Gasteiger partial charge in [-0.3, -0.25) is 4.79 Å². The Balaban J connectivity index is 1.63. The molecular weight excluding hydrogens is 301 g/mol. The van der Waals surface area contributed by atoms with Gasteiger partial charge in [-0.1, -0.05) is 6.07 Å². The van der Waals surface area contributed by atoms with E-state index in [0.29, 0.717) is 42.5 Å². The van der Waals surface area contributed by atoms with E-state index in [-0.39, 0.29) is 23.9 Å². The van der Waals surface area contributed by atoms with E-state index in [1.165, 1.54) is 19.2 Å². The van der Waals surface area contributed by atoms with Crippen molar-refractivity contribution in [1.29, 1.82) is 0 Å². The second-order valence-electron chi connectivity index (χ2n) is 5.59. The number of halogens is 1. The van der Waals surface area contributed by atoms with Crippen LogP contribution in [-0.2, 0) is 4.74 Å². The lowest BCUT2D eigenvalue weighted by molar-refractivity contribution is 0.0888. The maximum absolute atomic E-state index is 13.7. The summed E-state index contributed by atoms with van der Waals surface area (Å²) in [6, 6.07) is 6.19. The van der Waals surface area contributed by atoms with Crippen molar-refractivity contribution in [3.05, 3.63) is 35.8 Å². The number of H-pyrrole nitrogens is 1. The molecule has 1 aromatic carbocycles. The molecule has 0 bridgehead atoms. The van der Waals surface area contributed by atoms with E-state index in [9.17, 15) is 14.0 Å². The first-order valence-corrected chi connectivity index (χ1v) is 7.49. The Morgan fingerprint density at radius 1 is 1.35 bits per heavy atom. The molecule has 1 fully saturated rings. The van der Waals surface area contributed by atoms with Gasteiger partial charge in [0.15, 0.2) is 0 Å². The summed E-state index contributed by atoms with van der Waals surface area (Å²) in [6.45, 7) is 1.08. The number of fused-ring (bicyclic) bond motifs is 1. The van der Waals surface area contributed by atoms with Gasteiger partial charge in [0, 0.05) is 30.0 Å². The lowest BCUT2D eigenvalue weighted by atomic mass is 10.1. The van der Waals surface area contributed by atoms with Gasteiger partial charge in [-0.15, -0.1) is 0 Å². The third-order valence-corrected chi connectivity index (χ3v) is 4.12. The second kappa shape index (κ2) is 6.28. The highest BCUT2D eigenvalue weighted by molar-refractivity contribution is 5.98. The molecule has 1 aliphatic rings. The molecule has 2 N–H and O–H groups in total. The van der Waals surface area contributed by atoms with Crippen molar-refractivity contribution in [2.45, 2.75) is 18.9 Å². The molecule has 0 atom stereocenters. The van der Waals surface area contributed by atoms with Crippen molar-refractivity contribution in [3.8, 4) is 0 Å². The minimum Gasteiger partial charge on any atom is -0.453 e. The van der Waals surface area contributed by atoms with Crippen LogP contribution in [0.1, 0.15) is 23.3 Å². The fourth-order valence-corrected chi connectivity index (χ4v) is 2.84. The molecule has 2 aromatic rings. The number of methoxy groups -OCH3 is 1. The van der Waals surface area contributed by atoms with Crippen molar-refractivity contribution in [1.82, 2.24) is 15.2 Å². The lowest BCUT2D eigenvalue weighted by Gasteiger charge is -2.31. The average Bonchev–Trinajstić information content (AvgIpc) is 3.00. The zero-order chi connectivity index (χ0) is 16.4. The number of aromatic nitrogens is 1. The number of ether oxygens (including phenoxy) is 1. The molecule has 0 saturated carbocycles.